The first-order valence-electron chi connectivity index (χ1n) is 13.5. The van der Waals surface area contributed by atoms with Crippen LogP contribution in [-0.2, 0) is 18.9 Å². The van der Waals surface area contributed by atoms with Crippen LogP contribution in [0.5, 0.6) is 0 Å². The maximum atomic E-state index is 13.2. The minimum absolute atomic E-state index is 0.0615. The van der Waals surface area contributed by atoms with Gasteiger partial charge in [0.1, 0.15) is 30.0 Å². The van der Waals surface area contributed by atoms with Crippen LogP contribution >= 0.6 is 0 Å². The topological polar surface area (TPSA) is 147 Å². The van der Waals surface area contributed by atoms with E-state index >= 15 is 0 Å². The molecule has 0 bridgehead atoms. The van der Waals surface area contributed by atoms with Gasteiger partial charge in [0.15, 0.2) is 11.3 Å². The quantitative estimate of drug-likeness (QED) is 0.244. The van der Waals surface area contributed by atoms with Crippen LogP contribution in [0.4, 0.5) is 5.69 Å². The number of esters is 2. The second-order valence-corrected chi connectivity index (χ2v) is 9.92. The summed E-state index contributed by atoms with van der Waals surface area (Å²) in [4.78, 5) is 48.2. The summed E-state index contributed by atoms with van der Waals surface area (Å²) >= 11 is 0. The van der Waals surface area contributed by atoms with E-state index in [9.17, 15) is 14.4 Å². The number of hydrogen-bond donors (Lipinski definition) is 1. The predicted octanol–water partition coefficient (Wildman–Crippen LogP) is 1.47. The molecule has 1 aromatic rings. The number of hydrogen-bond acceptors (Lipinski definition) is 12. The van der Waals surface area contributed by atoms with Gasteiger partial charge in [-0.15, -0.1) is 0 Å². The summed E-state index contributed by atoms with van der Waals surface area (Å²) in [5, 5.41) is 0. The zero-order valence-electron chi connectivity index (χ0n) is 22.8. The minimum Gasteiger partial charge on any atom is -0.461 e. The summed E-state index contributed by atoms with van der Waals surface area (Å²) in [5.74, 6) is -1.23. The zero-order chi connectivity index (χ0) is 28.2. The van der Waals surface area contributed by atoms with Crippen molar-refractivity contribution < 1.29 is 33.0 Å². The number of fused-ring (bicyclic) bond motifs is 2. The number of nitrogen functional groups attached to an aromatic ring is 1. The van der Waals surface area contributed by atoms with Crippen molar-refractivity contribution in [3.05, 3.63) is 44.6 Å². The summed E-state index contributed by atoms with van der Waals surface area (Å²) in [5.41, 5.74) is 6.85. The lowest BCUT2D eigenvalue weighted by Gasteiger charge is -2.26. The molecule has 3 heterocycles. The van der Waals surface area contributed by atoms with Gasteiger partial charge in [-0.1, -0.05) is 6.07 Å². The van der Waals surface area contributed by atoms with E-state index in [1.54, 1.807) is 26.0 Å². The Labute approximate surface area is 231 Å². The molecule has 1 aliphatic carbocycles. The predicted molar refractivity (Wildman–Crippen MR) is 146 cm³/mol. The molecule has 12 nitrogen and oxygen atoms in total. The molecule has 4 aliphatic rings. The van der Waals surface area contributed by atoms with Crippen LogP contribution in [0.15, 0.2) is 21.3 Å². The fourth-order valence-electron chi connectivity index (χ4n) is 4.90. The number of carbonyl (C=O) groups excluding carboxylic acids is 2. The third kappa shape index (κ3) is 5.80. The molecule has 5 rings (SSSR count). The van der Waals surface area contributed by atoms with Crippen molar-refractivity contribution in [1.82, 2.24) is 14.8 Å². The van der Waals surface area contributed by atoms with Crippen molar-refractivity contribution in [2.75, 3.05) is 84.6 Å². The average Bonchev–Trinajstić information content (AvgIpc) is 2.97. The third-order valence-corrected chi connectivity index (χ3v) is 7.32. The smallest absolute Gasteiger partial charge is 0.342 e. The van der Waals surface area contributed by atoms with Crippen molar-refractivity contribution in [1.29, 1.82) is 0 Å². The van der Waals surface area contributed by atoms with Crippen molar-refractivity contribution in [3.63, 3.8) is 0 Å². The van der Waals surface area contributed by atoms with E-state index in [-0.39, 0.29) is 52.6 Å². The number of aryl methyl sites for hydroxylation is 1. The maximum absolute atomic E-state index is 13.2. The fourth-order valence-corrected chi connectivity index (χ4v) is 4.90. The van der Waals surface area contributed by atoms with Crippen LogP contribution in [-0.4, -0.2) is 106 Å². The summed E-state index contributed by atoms with van der Waals surface area (Å²) < 4.78 is 27.9. The largest absolute Gasteiger partial charge is 0.461 e. The molecule has 2 saturated heterocycles. The van der Waals surface area contributed by atoms with E-state index in [2.05, 4.69) is 14.8 Å². The Bertz CT molecular complexity index is 1430. The van der Waals surface area contributed by atoms with Crippen LogP contribution in [0.2, 0.25) is 0 Å². The van der Waals surface area contributed by atoms with Crippen LogP contribution in [0.25, 0.3) is 22.6 Å². The summed E-state index contributed by atoms with van der Waals surface area (Å²) in [6.45, 7) is 10.4. The highest BCUT2D eigenvalue weighted by molar-refractivity contribution is 6.05. The van der Waals surface area contributed by atoms with E-state index in [1.807, 2.05) is 0 Å². The molecule has 0 saturated carbocycles. The lowest BCUT2D eigenvalue weighted by Crippen LogP contribution is -2.38. The Morgan fingerprint density at radius 3 is 2.10 bits per heavy atom. The Morgan fingerprint density at radius 1 is 0.925 bits per heavy atom. The van der Waals surface area contributed by atoms with E-state index in [1.165, 1.54) is 0 Å². The highest BCUT2D eigenvalue weighted by Gasteiger charge is 2.30. The van der Waals surface area contributed by atoms with E-state index in [0.29, 0.717) is 50.7 Å². The summed E-state index contributed by atoms with van der Waals surface area (Å²) in [7, 11) is 0. The highest BCUT2D eigenvalue weighted by Crippen LogP contribution is 2.34. The zero-order valence-corrected chi connectivity index (χ0v) is 22.8. The molecular formula is C28H34N4O8. The van der Waals surface area contributed by atoms with Crippen molar-refractivity contribution in [2.45, 2.75) is 13.8 Å². The van der Waals surface area contributed by atoms with Gasteiger partial charge in [-0.3, -0.25) is 14.6 Å². The molecule has 12 heteroatoms. The second kappa shape index (κ2) is 12.3. The standard InChI is InChI=1S/C28H34N4O8/c1-17-3-4-19(27(34)38-15-9-31-5-11-36-12-6-31)22-25(17)40-26-18(2)24(33)21(29)20(23(26)30-22)28(35)39-16-10-32-7-13-37-14-8-32/h3-4H,5-16,29H2,1-2H3. The van der Waals surface area contributed by atoms with Crippen LogP contribution in [0, 0.1) is 13.8 Å². The Kier molecular flexibility index (Phi) is 8.60. The van der Waals surface area contributed by atoms with E-state index in [0.717, 1.165) is 26.2 Å². The molecule has 0 aromatic heterocycles. The van der Waals surface area contributed by atoms with Gasteiger partial charge in [-0.25, -0.2) is 14.6 Å². The lowest BCUT2D eigenvalue weighted by molar-refractivity contribution is 0.0191. The summed E-state index contributed by atoms with van der Waals surface area (Å²) in [6, 6.07) is 3.34. The first kappa shape index (κ1) is 28.0. The van der Waals surface area contributed by atoms with E-state index < -0.39 is 17.4 Å². The number of carbonyl (C=O) groups is 2. The number of morpholine rings is 2. The van der Waals surface area contributed by atoms with Crippen molar-refractivity contribution in [2.24, 2.45) is 0 Å². The first-order chi connectivity index (χ1) is 19.3. The number of benzene rings is 2. The third-order valence-electron chi connectivity index (χ3n) is 7.32. The normalized spacial score (nSPS) is 16.9. The van der Waals surface area contributed by atoms with Gasteiger partial charge in [-0.05, 0) is 25.5 Å². The SMILES string of the molecule is Cc1c2oc3c(C)ccc(C(=O)OCCN4CCOCC4)c3nc-2c(C(=O)OCCN2CCOCC2)c(N)c1=O. The highest BCUT2D eigenvalue weighted by atomic mass is 16.5. The number of aromatic nitrogens is 1. The van der Waals surface area contributed by atoms with Gasteiger partial charge in [0.25, 0.3) is 0 Å². The minimum atomic E-state index is -0.780. The van der Waals surface area contributed by atoms with Crippen LogP contribution in [0.3, 0.4) is 0 Å². The molecule has 214 valence electrons. The monoisotopic (exact) mass is 554 g/mol. The first-order valence-corrected chi connectivity index (χ1v) is 13.5. The number of ether oxygens (including phenoxy) is 4. The van der Waals surface area contributed by atoms with Gasteiger partial charge in [0.2, 0.25) is 5.43 Å². The molecule has 3 aliphatic heterocycles. The van der Waals surface area contributed by atoms with E-state index in [4.69, 9.17) is 29.1 Å². The van der Waals surface area contributed by atoms with Gasteiger partial charge < -0.3 is 29.1 Å². The van der Waals surface area contributed by atoms with Crippen LogP contribution < -0.4 is 11.2 Å². The molecule has 0 radical (unpaired) electrons. The Morgan fingerprint density at radius 2 is 1.50 bits per heavy atom. The number of nitrogens with zero attached hydrogens (tertiary/aromatic N) is 3. The lowest BCUT2D eigenvalue weighted by atomic mass is 10.0. The maximum Gasteiger partial charge on any atom is 0.342 e. The molecule has 0 spiro atoms. The van der Waals surface area contributed by atoms with Gasteiger partial charge in [0, 0.05) is 44.8 Å². The number of rotatable bonds is 8. The molecule has 0 amide bonds. The van der Waals surface area contributed by atoms with Crippen LogP contribution in [0.1, 0.15) is 31.8 Å². The molecule has 1 aromatic carbocycles. The number of anilines is 1. The summed E-state index contributed by atoms with van der Waals surface area (Å²) in [6.07, 6.45) is 0. The molecule has 2 fully saturated rings. The fraction of sp³-hybridized carbons (Fsp3) is 0.500. The van der Waals surface area contributed by atoms with Gasteiger partial charge in [0.05, 0.1) is 37.7 Å². The second-order valence-electron chi connectivity index (χ2n) is 9.92. The Hall–Kier alpha value is -3.58. The molecule has 0 unspecified atom stereocenters. The van der Waals surface area contributed by atoms with Gasteiger partial charge in [-0.2, -0.15) is 0 Å². The molecule has 0 atom stereocenters. The average molecular weight is 555 g/mol. The number of nitrogens with two attached hydrogens (primary N) is 1. The molecule has 40 heavy (non-hydrogen) atoms. The van der Waals surface area contributed by atoms with Crippen molar-refractivity contribution >= 4 is 28.7 Å². The van der Waals surface area contributed by atoms with Gasteiger partial charge >= 0.3 is 11.9 Å². The Balaban J connectivity index is 1.45. The molecule has 2 N–H and O–H groups in total. The molecular weight excluding hydrogens is 520 g/mol. The van der Waals surface area contributed by atoms with Crippen molar-refractivity contribution in [3.8, 4) is 11.5 Å².